The topological polar surface area (TPSA) is 50.7 Å². The Morgan fingerprint density at radius 1 is 1.78 bits per heavy atom. The Labute approximate surface area is 51.5 Å². The summed E-state index contributed by atoms with van der Waals surface area (Å²) in [6.45, 7) is 0. The standard InChI is InChI=1S/C5H7N3O/c9-5-7-6-3-8(5)4-1-2-4/h3-4H,1-2H2,(H,7,9). The van der Waals surface area contributed by atoms with Gasteiger partial charge in [0.2, 0.25) is 0 Å². The second-order valence-corrected chi connectivity index (χ2v) is 2.30. The van der Waals surface area contributed by atoms with Crippen LogP contribution in [0.3, 0.4) is 0 Å². The van der Waals surface area contributed by atoms with Gasteiger partial charge in [0.25, 0.3) is 0 Å². The molecule has 1 aromatic heterocycles. The van der Waals surface area contributed by atoms with Gasteiger partial charge in [0.1, 0.15) is 6.33 Å². The van der Waals surface area contributed by atoms with Gasteiger partial charge in [0, 0.05) is 6.04 Å². The van der Waals surface area contributed by atoms with Crippen LogP contribution in [-0.4, -0.2) is 14.8 Å². The van der Waals surface area contributed by atoms with E-state index in [9.17, 15) is 4.79 Å². The molecule has 0 bridgehead atoms. The minimum Gasteiger partial charge on any atom is -0.279 e. The first-order valence-electron chi connectivity index (χ1n) is 2.99. The Morgan fingerprint density at radius 3 is 3.00 bits per heavy atom. The minimum absolute atomic E-state index is 0.0856. The first-order valence-corrected chi connectivity index (χ1v) is 2.99. The van der Waals surface area contributed by atoms with Gasteiger partial charge in [-0.05, 0) is 12.8 Å². The maximum Gasteiger partial charge on any atom is 0.343 e. The fraction of sp³-hybridized carbons (Fsp3) is 0.600. The maximum atomic E-state index is 10.7. The molecule has 1 aliphatic rings. The van der Waals surface area contributed by atoms with Crippen molar-refractivity contribution in [1.29, 1.82) is 0 Å². The van der Waals surface area contributed by atoms with Crippen molar-refractivity contribution < 1.29 is 0 Å². The molecule has 4 nitrogen and oxygen atoms in total. The molecular formula is C5H7N3O. The summed E-state index contributed by atoms with van der Waals surface area (Å²) < 4.78 is 1.64. The largest absolute Gasteiger partial charge is 0.343 e. The van der Waals surface area contributed by atoms with Crippen molar-refractivity contribution >= 4 is 0 Å². The highest BCUT2D eigenvalue weighted by molar-refractivity contribution is 4.83. The van der Waals surface area contributed by atoms with E-state index in [1.54, 1.807) is 10.9 Å². The first-order chi connectivity index (χ1) is 4.38. The van der Waals surface area contributed by atoms with Gasteiger partial charge in [-0.15, -0.1) is 0 Å². The number of hydrogen-bond acceptors (Lipinski definition) is 2. The highest BCUT2D eigenvalue weighted by Crippen LogP contribution is 2.32. The molecule has 48 valence electrons. The Morgan fingerprint density at radius 2 is 2.56 bits per heavy atom. The van der Waals surface area contributed by atoms with Gasteiger partial charge >= 0.3 is 5.69 Å². The van der Waals surface area contributed by atoms with Crippen molar-refractivity contribution in [3.05, 3.63) is 16.8 Å². The molecule has 0 spiro atoms. The zero-order valence-corrected chi connectivity index (χ0v) is 4.87. The van der Waals surface area contributed by atoms with E-state index in [1.807, 2.05) is 0 Å². The van der Waals surface area contributed by atoms with E-state index >= 15 is 0 Å². The van der Waals surface area contributed by atoms with Crippen LogP contribution in [0.5, 0.6) is 0 Å². The molecule has 0 atom stereocenters. The number of aromatic amines is 1. The summed E-state index contributed by atoms with van der Waals surface area (Å²) >= 11 is 0. The lowest BCUT2D eigenvalue weighted by molar-refractivity contribution is 0.709. The highest BCUT2D eigenvalue weighted by atomic mass is 16.1. The van der Waals surface area contributed by atoms with Crippen molar-refractivity contribution in [2.45, 2.75) is 18.9 Å². The van der Waals surface area contributed by atoms with Crippen molar-refractivity contribution in [2.75, 3.05) is 0 Å². The highest BCUT2D eigenvalue weighted by Gasteiger charge is 2.24. The minimum atomic E-state index is -0.0856. The van der Waals surface area contributed by atoms with Crippen molar-refractivity contribution in [2.24, 2.45) is 0 Å². The number of hydrogen-bond donors (Lipinski definition) is 1. The molecule has 2 rings (SSSR count). The molecule has 1 N–H and O–H groups in total. The summed E-state index contributed by atoms with van der Waals surface area (Å²) in [5.74, 6) is 0. The Balaban J connectivity index is 2.47. The average molecular weight is 125 g/mol. The third-order valence-corrected chi connectivity index (χ3v) is 1.52. The van der Waals surface area contributed by atoms with Crippen molar-refractivity contribution in [1.82, 2.24) is 14.8 Å². The van der Waals surface area contributed by atoms with Gasteiger partial charge in [0.15, 0.2) is 0 Å². The summed E-state index contributed by atoms with van der Waals surface area (Å²) in [4.78, 5) is 10.7. The van der Waals surface area contributed by atoms with Crippen LogP contribution < -0.4 is 5.69 Å². The lowest BCUT2D eigenvalue weighted by Gasteiger charge is -1.88. The summed E-state index contributed by atoms with van der Waals surface area (Å²) in [7, 11) is 0. The number of H-pyrrole nitrogens is 1. The molecule has 0 aromatic carbocycles. The average Bonchev–Trinajstić information content (AvgIpc) is 2.58. The van der Waals surface area contributed by atoms with Gasteiger partial charge in [-0.25, -0.2) is 9.89 Å². The molecule has 0 radical (unpaired) electrons. The number of nitrogens with one attached hydrogen (secondary N) is 1. The Kier molecular flexibility index (Phi) is 0.777. The normalized spacial score (nSPS) is 18.2. The molecule has 0 aliphatic heterocycles. The van der Waals surface area contributed by atoms with Crippen molar-refractivity contribution in [3.63, 3.8) is 0 Å². The third-order valence-electron chi connectivity index (χ3n) is 1.52. The quantitative estimate of drug-likeness (QED) is 0.570. The van der Waals surface area contributed by atoms with Gasteiger partial charge in [-0.2, -0.15) is 5.10 Å². The molecule has 4 heteroatoms. The van der Waals surface area contributed by atoms with E-state index in [-0.39, 0.29) is 5.69 Å². The van der Waals surface area contributed by atoms with E-state index < -0.39 is 0 Å². The Bertz CT molecular complexity index is 257. The molecule has 0 unspecified atom stereocenters. The van der Waals surface area contributed by atoms with Crippen LogP contribution in [0.2, 0.25) is 0 Å². The summed E-state index contributed by atoms with van der Waals surface area (Å²) in [5.41, 5.74) is -0.0856. The van der Waals surface area contributed by atoms with Crippen molar-refractivity contribution in [3.8, 4) is 0 Å². The van der Waals surface area contributed by atoms with Crippen LogP contribution in [0.4, 0.5) is 0 Å². The molecular weight excluding hydrogens is 118 g/mol. The van der Waals surface area contributed by atoms with E-state index in [1.165, 1.54) is 0 Å². The third kappa shape index (κ3) is 0.667. The zero-order chi connectivity index (χ0) is 6.27. The van der Waals surface area contributed by atoms with Crippen LogP contribution in [0.1, 0.15) is 18.9 Å². The summed E-state index contributed by atoms with van der Waals surface area (Å²) in [5, 5.41) is 5.96. The fourth-order valence-electron chi connectivity index (χ4n) is 0.869. The maximum absolute atomic E-state index is 10.7. The molecule has 1 saturated carbocycles. The van der Waals surface area contributed by atoms with Gasteiger partial charge in [0.05, 0.1) is 0 Å². The Hall–Kier alpha value is -1.06. The molecule has 0 saturated heterocycles. The van der Waals surface area contributed by atoms with Crippen LogP contribution in [0, 0.1) is 0 Å². The predicted octanol–water partition coefficient (Wildman–Crippen LogP) is -0.0937. The predicted molar refractivity (Wildman–Crippen MR) is 31.1 cm³/mol. The van der Waals surface area contributed by atoms with Gasteiger partial charge < -0.3 is 0 Å². The molecule has 9 heavy (non-hydrogen) atoms. The SMILES string of the molecule is O=c1[nH]ncn1C1CC1. The van der Waals surface area contributed by atoms with Crippen LogP contribution in [-0.2, 0) is 0 Å². The molecule has 1 fully saturated rings. The van der Waals surface area contributed by atoms with Crippen LogP contribution in [0.25, 0.3) is 0 Å². The second kappa shape index (κ2) is 1.46. The first kappa shape index (κ1) is 4.78. The molecule has 1 aliphatic carbocycles. The number of aromatic nitrogens is 3. The lowest BCUT2D eigenvalue weighted by atomic mass is 10.7. The number of rotatable bonds is 1. The summed E-state index contributed by atoms with van der Waals surface area (Å²) in [6, 6.07) is 0.441. The molecule has 1 aromatic rings. The monoisotopic (exact) mass is 125 g/mol. The van der Waals surface area contributed by atoms with E-state index in [0.29, 0.717) is 6.04 Å². The van der Waals surface area contributed by atoms with Gasteiger partial charge in [-0.1, -0.05) is 0 Å². The molecule has 0 amide bonds. The lowest BCUT2D eigenvalue weighted by Crippen LogP contribution is -2.14. The van der Waals surface area contributed by atoms with E-state index in [0.717, 1.165) is 12.8 Å². The van der Waals surface area contributed by atoms with Gasteiger partial charge in [-0.3, -0.25) is 4.57 Å². The number of nitrogens with zero attached hydrogens (tertiary/aromatic N) is 2. The molecule has 1 heterocycles. The second-order valence-electron chi connectivity index (χ2n) is 2.30. The smallest absolute Gasteiger partial charge is 0.279 e. The van der Waals surface area contributed by atoms with E-state index in [4.69, 9.17) is 0 Å². The zero-order valence-electron chi connectivity index (χ0n) is 4.87. The summed E-state index contributed by atoms with van der Waals surface area (Å²) in [6.07, 6.45) is 3.80. The van der Waals surface area contributed by atoms with Crippen LogP contribution >= 0.6 is 0 Å². The van der Waals surface area contributed by atoms with E-state index in [2.05, 4.69) is 10.2 Å². The van der Waals surface area contributed by atoms with Crippen LogP contribution in [0.15, 0.2) is 11.1 Å². The fourth-order valence-corrected chi connectivity index (χ4v) is 0.869.